The van der Waals surface area contributed by atoms with E-state index in [9.17, 15) is 9.59 Å². The summed E-state index contributed by atoms with van der Waals surface area (Å²) in [5, 5.41) is 7.81. The van der Waals surface area contributed by atoms with Crippen LogP contribution in [0.3, 0.4) is 0 Å². The largest absolute Gasteiger partial charge is 0.491 e. The lowest BCUT2D eigenvalue weighted by Gasteiger charge is -2.11. The average Bonchev–Trinajstić information content (AvgIpc) is 3.23. The average molecular weight is 429 g/mol. The van der Waals surface area contributed by atoms with Crippen LogP contribution in [0.15, 0.2) is 60.0 Å². The number of carbonyl (C=O) groups excluding carboxylic acids is 2. The molecule has 0 aliphatic rings. The number of ether oxygens (including phenoxy) is 1. The summed E-state index contributed by atoms with van der Waals surface area (Å²) in [6, 6.07) is 15.9. The molecule has 0 aliphatic heterocycles. The maximum atomic E-state index is 12.5. The van der Waals surface area contributed by atoms with Gasteiger partial charge in [-0.2, -0.15) is 0 Å². The second kappa shape index (κ2) is 9.58. The fourth-order valence-electron chi connectivity index (χ4n) is 2.60. The maximum absolute atomic E-state index is 12.5. The van der Waals surface area contributed by atoms with Crippen LogP contribution in [0.1, 0.15) is 39.4 Å². The lowest BCUT2D eigenvalue weighted by atomic mass is 10.1. The van der Waals surface area contributed by atoms with Crippen LogP contribution >= 0.6 is 22.9 Å². The van der Waals surface area contributed by atoms with Crippen LogP contribution < -0.4 is 15.4 Å². The third-order valence-electron chi connectivity index (χ3n) is 3.97. The van der Waals surface area contributed by atoms with Crippen LogP contribution in [0.25, 0.3) is 0 Å². The van der Waals surface area contributed by atoms with E-state index in [-0.39, 0.29) is 17.9 Å². The standard InChI is InChI=1S/C22H21ClN2O3S/c1-14(2)28-17-8-5-15(6-9-17)13-24-21(26)16-7-10-18(23)19(12-16)25-22(27)20-4-3-11-29-20/h3-12,14H,13H2,1-2H3,(H,24,26)(H,25,27). The van der Waals surface area contributed by atoms with Gasteiger partial charge in [0.1, 0.15) is 5.75 Å². The Bertz CT molecular complexity index is 986. The number of halogens is 1. The van der Waals surface area contributed by atoms with Gasteiger partial charge in [-0.15, -0.1) is 11.3 Å². The Labute approximate surface area is 178 Å². The zero-order chi connectivity index (χ0) is 20.8. The van der Waals surface area contributed by atoms with E-state index in [4.69, 9.17) is 16.3 Å². The number of amides is 2. The van der Waals surface area contributed by atoms with Crippen molar-refractivity contribution in [2.75, 3.05) is 5.32 Å². The summed E-state index contributed by atoms with van der Waals surface area (Å²) < 4.78 is 5.61. The van der Waals surface area contributed by atoms with Crippen molar-refractivity contribution in [3.63, 3.8) is 0 Å². The molecule has 0 saturated heterocycles. The summed E-state index contributed by atoms with van der Waals surface area (Å²) in [5.74, 6) is 0.276. The molecule has 3 rings (SSSR count). The van der Waals surface area contributed by atoms with Crippen LogP contribution in [-0.2, 0) is 6.54 Å². The molecule has 1 aromatic heterocycles. The van der Waals surface area contributed by atoms with Gasteiger partial charge in [0.25, 0.3) is 11.8 Å². The van der Waals surface area contributed by atoms with Crippen molar-refractivity contribution in [3.05, 3.63) is 81.0 Å². The summed E-state index contributed by atoms with van der Waals surface area (Å²) in [7, 11) is 0. The van der Waals surface area contributed by atoms with E-state index in [0.717, 1.165) is 11.3 Å². The molecule has 1 heterocycles. The Hall–Kier alpha value is -2.83. The Morgan fingerprint density at radius 2 is 1.83 bits per heavy atom. The van der Waals surface area contributed by atoms with E-state index in [1.807, 2.05) is 43.5 Å². The highest BCUT2D eigenvalue weighted by atomic mass is 35.5. The third-order valence-corrected chi connectivity index (χ3v) is 5.17. The molecule has 0 fully saturated rings. The van der Waals surface area contributed by atoms with E-state index in [0.29, 0.717) is 27.7 Å². The number of carbonyl (C=O) groups is 2. The van der Waals surface area contributed by atoms with Gasteiger partial charge in [0, 0.05) is 12.1 Å². The molecule has 5 nitrogen and oxygen atoms in total. The summed E-state index contributed by atoms with van der Waals surface area (Å²) >= 11 is 7.51. The van der Waals surface area contributed by atoms with E-state index < -0.39 is 0 Å². The molecular weight excluding hydrogens is 408 g/mol. The van der Waals surface area contributed by atoms with E-state index in [2.05, 4.69) is 10.6 Å². The molecule has 0 aliphatic carbocycles. The molecule has 0 radical (unpaired) electrons. The fourth-order valence-corrected chi connectivity index (χ4v) is 3.38. The number of rotatable bonds is 7. The summed E-state index contributed by atoms with van der Waals surface area (Å²) in [6.45, 7) is 4.31. The molecule has 7 heteroatoms. The van der Waals surface area contributed by atoms with Gasteiger partial charge >= 0.3 is 0 Å². The first-order chi connectivity index (χ1) is 13.9. The van der Waals surface area contributed by atoms with Gasteiger partial charge in [-0.1, -0.05) is 29.8 Å². The van der Waals surface area contributed by atoms with Gasteiger partial charge in [-0.05, 0) is 61.2 Å². The van der Waals surface area contributed by atoms with Crippen molar-refractivity contribution in [2.45, 2.75) is 26.5 Å². The van der Waals surface area contributed by atoms with Crippen LogP contribution in [-0.4, -0.2) is 17.9 Å². The third kappa shape index (κ3) is 5.82. The fraction of sp³-hybridized carbons (Fsp3) is 0.182. The van der Waals surface area contributed by atoms with Gasteiger partial charge in [0.15, 0.2) is 0 Å². The molecule has 0 bridgehead atoms. The SMILES string of the molecule is CC(C)Oc1ccc(CNC(=O)c2ccc(Cl)c(NC(=O)c3cccs3)c2)cc1. The van der Waals surface area contributed by atoms with Crippen LogP contribution in [0.5, 0.6) is 5.75 Å². The summed E-state index contributed by atoms with van der Waals surface area (Å²) in [6.07, 6.45) is 0.111. The van der Waals surface area contributed by atoms with Crippen molar-refractivity contribution >= 4 is 40.4 Å². The minimum Gasteiger partial charge on any atom is -0.491 e. The van der Waals surface area contributed by atoms with Crippen molar-refractivity contribution < 1.29 is 14.3 Å². The number of thiophene rings is 1. The summed E-state index contributed by atoms with van der Waals surface area (Å²) in [4.78, 5) is 25.3. The molecule has 29 heavy (non-hydrogen) atoms. The highest BCUT2D eigenvalue weighted by molar-refractivity contribution is 7.12. The number of hydrogen-bond acceptors (Lipinski definition) is 4. The highest BCUT2D eigenvalue weighted by Gasteiger charge is 2.13. The van der Waals surface area contributed by atoms with E-state index in [1.54, 1.807) is 30.3 Å². The number of anilines is 1. The number of hydrogen-bond donors (Lipinski definition) is 2. The molecule has 0 unspecified atom stereocenters. The Balaban J connectivity index is 1.62. The van der Waals surface area contributed by atoms with Crippen LogP contribution in [0.4, 0.5) is 5.69 Å². The molecule has 150 valence electrons. The second-order valence-corrected chi connectivity index (χ2v) is 7.97. The summed E-state index contributed by atoms with van der Waals surface area (Å²) in [5.41, 5.74) is 1.76. The van der Waals surface area contributed by atoms with Crippen molar-refractivity contribution in [1.29, 1.82) is 0 Å². The second-order valence-electron chi connectivity index (χ2n) is 6.62. The molecule has 0 saturated carbocycles. The van der Waals surface area contributed by atoms with E-state index in [1.165, 1.54) is 11.3 Å². The molecule has 0 spiro atoms. The first-order valence-corrected chi connectivity index (χ1v) is 10.4. The quantitative estimate of drug-likeness (QED) is 0.531. The zero-order valence-corrected chi connectivity index (χ0v) is 17.6. The van der Waals surface area contributed by atoms with Gasteiger partial charge in [-0.25, -0.2) is 0 Å². The van der Waals surface area contributed by atoms with Gasteiger partial charge in [0.05, 0.1) is 21.7 Å². The number of nitrogens with one attached hydrogen (secondary N) is 2. The Morgan fingerprint density at radius 3 is 2.48 bits per heavy atom. The smallest absolute Gasteiger partial charge is 0.265 e. The predicted octanol–water partition coefficient (Wildman–Crippen LogP) is 5.37. The first kappa shape index (κ1) is 20.9. The molecule has 2 aromatic carbocycles. The Morgan fingerprint density at radius 1 is 1.07 bits per heavy atom. The molecule has 2 N–H and O–H groups in total. The van der Waals surface area contributed by atoms with Gasteiger partial charge in [-0.3, -0.25) is 9.59 Å². The van der Waals surface area contributed by atoms with Crippen molar-refractivity contribution in [2.24, 2.45) is 0 Å². The van der Waals surface area contributed by atoms with Crippen molar-refractivity contribution in [1.82, 2.24) is 5.32 Å². The Kier molecular flexibility index (Phi) is 6.90. The van der Waals surface area contributed by atoms with Crippen molar-refractivity contribution in [3.8, 4) is 5.75 Å². The molecule has 3 aromatic rings. The number of benzene rings is 2. The predicted molar refractivity (Wildman–Crippen MR) is 117 cm³/mol. The van der Waals surface area contributed by atoms with Gasteiger partial charge < -0.3 is 15.4 Å². The normalized spacial score (nSPS) is 10.6. The molecule has 2 amide bonds. The van der Waals surface area contributed by atoms with Gasteiger partial charge in [0.2, 0.25) is 0 Å². The van der Waals surface area contributed by atoms with Crippen LogP contribution in [0, 0.1) is 0 Å². The maximum Gasteiger partial charge on any atom is 0.265 e. The highest BCUT2D eigenvalue weighted by Crippen LogP contribution is 2.24. The van der Waals surface area contributed by atoms with Crippen LogP contribution in [0.2, 0.25) is 5.02 Å². The molecular formula is C22H21ClN2O3S. The first-order valence-electron chi connectivity index (χ1n) is 9.10. The minimum atomic E-state index is -0.261. The minimum absolute atomic E-state index is 0.111. The monoisotopic (exact) mass is 428 g/mol. The zero-order valence-electron chi connectivity index (χ0n) is 16.1. The lowest BCUT2D eigenvalue weighted by molar-refractivity contribution is 0.0949. The topological polar surface area (TPSA) is 67.4 Å². The lowest BCUT2D eigenvalue weighted by Crippen LogP contribution is -2.23. The van der Waals surface area contributed by atoms with E-state index >= 15 is 0 Å². The molecule has 0 atom stereocenters.